The van der Waals surface area contributed by atoms with Crippen molar-refractivity contribution in [2.75, 3.05) is 18.0 Å². The summed E-state index contributed by atoms with van der Waals surface area (Å²) in [6.07, 6.45) is 1.63. The zero-order valence-corrected chi connectivity index (χ0v) is 17.0. The minimum Gasteiger partial charge on any atom is -0.371 e. The Hall–Kier alpha value is -3.62. The van der Waals surface area contributed by atoms with Gasteiger partial charge in [-0.1, -0.05) is 11.2 Å². The molecule has 0 radical (unpaired) electrons. The third-order valence-electron chi connectivity index (χ3n) is 6.08. The molecule has 3 heterocycles. The lowest BCUT2D eigenvalue weighted by Gasteiger charge is -2.21. The van der Waals surface area contributed by atoms with Gasteiger partial charge in [-0.25, -0.2) is 9.40 Å². The summed E-state index contributed by atoms with van der Waals surface area (Å²) in [6, 6.07) is 10.1. The smallest absolute Gasteiger partial charge is 0.276 e. The number of fused-ring (bicyclic) bond motifs is 1. The zero-order chi connectivity index (χ0) is 21.5. The van der Waals surface area contributed by atoms with Crippen LogP contribution in [0.25, 0.3) is 0 Å². The predicted octanol–water partition coefficient (Wildman–Crippen LogP) is 3.02. The first-order chi connectivity index (χ1) is 15.0. The molecule has 8 nitrogen and oxygen atoms in total. The Balaban J connectivity index is 1.23. The first kappa shape index (κ1) is 19.3. The normalized spacial score (nSPS) is 21.6. The quantitative estimate of drug-likeness (QED) is 0.450. The van der Waals surface area contributed by atoms with Crippen LogP contribution in [0.1, 0.15) is 33.7 Å². The average molecular weight is 420 g/mol. The molecule has 0 bridgehead atoms. The van der Waals surface area contributed by atoms with Crippen LogP contribution in [0, 0.1) is 24.6 Å². The highest BCUT2D eigenvalue weighted by atomic mass is 19.1. The van der Waals surface area contributed by atoms with E-state index in [1.165, 1.54) is 11.1 Å². The van der Waals surface area contributed by atoms with E-state index in [2.05, 4.69) is 31.8 Å². The summed E-state index contributed by atoms with van der Waals surface area (Å²) >= 11 is 0. The van der Waals surface area contributed by atoms with Gasteiger partial charge in [0.15, 0.2) is 5.82 Å². The number of amides is 1. The summed E-state index contributed by atoms with van der Waals surface area (Å²) in [7, 11) is 0. The van der Waals surface area contributed by atoms with Crippen LogP contribution in [0.3, 0.4) is 0 Å². The molecule has 0 N–H and O–H groups in total. The average Bonchev–Trinajstić information content (AvgIpc) is 3.11. The van der Waals surface area contributed by atoms with Crippen LogP contribution < -0.4 is 4.90 Å². The molecule has 5 rings (SSSR count). The number of anilines is 1. The number of carbonyl (C=O) groups excluding carboxylic acids is 1. The molecule has 1 saturated heterocycles. The lowest BCUT2D eigenvalue weighted by molar-refractivity contribution is 0.0731. The number of carbonyl (C=O) groups is 1. The maximum Gasteiger partial charge on any atom is 0.276 e. The van der Waals surface area contributed by atoms with Crippen LogP contribution in [-0.4, -0.2) is 45.8 Å². The van der Waals surface area contributed by atoms with Gasteiger partial charge in [-0.15, -0.1) is 0 Å². The minimum absolute atomic E-state index is 0.0428. The molecule has 2 aromatic heterocycles. The maximum absolute atomic E-state index is 13.5. The third kappa shape index (κ3) is 3.56. The van der Waals surface area contributed by atoms with Gasteiger partial charge in [0, 0.05) is 37.6 Å². The van der Waals surface area contributed by atoms with Gasteiger partial charge in [0.05, 0.1) is 11.3 Å². The molecular weight excluding hydrogens is 399 g/mol. The number of aromatic nitrogens is 3. The van der Waals surface area contributed by atoms with Crippen molar-refractivity contribution in [3.05, 3.63) is 71.4 Å². The molecule has 1 aliphatic heterocycles. The fraction of sp³-hybridized carbons (Fsp3) is 0.318. The summed E-state index contributed by atoms with van der Waals surface area (Å²) in [6.45, 7) is 6.97. The summed E-state index contributed by atoms with van der Waals surface area (Å²) < 4.78 is 18.9. The van der Waals surface area contributed by atoms with Crippen LogP contribution in [-0.2, 0) is 6.54 Å². The van der Waals surface area contributed by atoms with E-state index in [4.69, 9.17) is 4.52 Å². The Bertz CT molecular complexity index is 1140. The summed E-state index contributed by atoms with van der Waals surface area (Å²) in [5, 5.41) is 9.15. The number of rotatable bonds is 6. The second kappa shape index (κ2) is 7.57. The molecular formula is C22H21FN6O2. The van der Waals surface area contributed by atoms with Crippen LogP contribution in [0.15, 0.2) is 52.2 Å². The maximum atomic E-state index is 13.5. The van der Waals surface area contributed by atoms with Gasteiger partial charge in [-0.2, -0.15) is 10.1 Å². The molecule has 1 aliphatic carbocycles. The molecule has 158 valence electrons. The Labute approximate surface area is 178 Å². The highest BCUT2D eigenvalue weighted by Gasteiger charge is 2.58. The zero-order valence-electron chi connectivity index (χ0n) is 17.0. The largest absolute Gasteiger partial charge is 0.371 e. The summed E-state index contributed by atoms with van der Waals surface area (Å²) in [5.74, 6) is 1.47. The van der Waals surface area contributed by atoms with Gasteiger partial charge in [0.2, 0.25) is 5.89 Å². The van der Waals surface area contributed by atoms with Crippen molar-refractivity contribution in [1.29, 1.82) is 0 Å². The van der Waals surface area contributed by atoms with E-state index in [9.17, 15) is 9.18 Å². The fourth-order valence-electron chi connectivity index (χ4n) is 4.42. The molecule has 3 aromatic rings. The van der Waals surface area contributed by atoms with Crippen molar-refractivity contribution in [2.24, 2.45) is 16.9 Å². The van der Waals surface area contributed by atoms with E-state index < -0.39 is 0 Å². The molecule has 2 unspecified atom stereocenters. The molecule has 0 spiro atoms. The molecule has 2 atom stereocenters. The van der Waals surface area contributed by atoms with Crippen molar-refractivity contribution in [3.63, 3.8) is 0 Å². The van der Waals surface area contributed by atoms with Crippen LogP contribution in [0.5, 0.6) is 0 Å². The number of piperidine rings is 1. The second-order valence-electron chi connectivity index (χ2n) is 7.93. The van der Waals surface area contributed by atoms with Crippen LogP contribution in [0.4, 0.5) is 10.1 Å². The Kier molecular flexibility index (Phi) is 4.72. The van der Waals surface area contributed by atoms with Gasteiger partial charge in [0.25, 0.3) is 5.91 Å². The van der Waals surface area contributed by atoms with Crippen molar-refractivity contribution in [1.82, 2.24) is 20.1 Å². The second-order valence-corrected chi connectivity index (χ2v) is 7.93. The van der Waals surface area contributed by atoms with Gasteiger partial charge in [-0.3, -0.25) is 9.78 Å². The summed E-state index contributed by atoms with van der Waals surface area (Å²) in [5.41, 5.74) is 1.96. The highest BCUT2D eigenvalue weighted by molar-refractivity contribution is 5.95. The predicted molar refractivity (Wildman–Crippen MR) is 111 cm³/mol. The number of halogens is 1. The van der Waals surface area contributed by atoms with Crippen molar-refractivity contribution in [2.45, 2.75) is 19.4 Å². The molecule has 1 aromatic carbocycles. The van der Waals surface area contributed by atoms with E-state index in [1.54, 1.807) is 37.4 Å². The lowest BCUT2D eigenvalue weighted by Crippen LogP contribution is -2.26. The van der Waals surface area contributed by atoms with Crippen molar-refractivity contribution in [3.8, 4) is 0 Å². The first-order valence-electron chi connectivity index (χ1n) is 10.1. The number of hydrazone groups is 1. The number of benzene rings is 1. The van der Waals surface area contributed by atoms with Gasteiger partial charge < -0.3 is 9.42 Å². The monoisotopic (exact) mass is 420 g/mol. The van der Waals surface area contributed by atoms with Crippen LogP contribution >= 0.6 is 0 Å². The lowest BCUT2D eigenvalue weighted by atomic mass is 10.2. The SMILES string of the molecule is C=NN(Cc1nc(C2C3CN(c4cccc(F)c4)CC32)no1)C(=O)c1cccnc1C. The molecule has 1 saturated carbocycles. The van der Waals surface area contributed by atoms with Gasteiger partial charge in [0.1, 0.15) is 12.4 Å². The van der Waals surface area contributed by atoms with E-state index in [1.807, 2.05) is 6.07 Å². The summed E-state index contributed by atoms with van der Waals surface area (Å²) in [4.78, 5) is 23.6. The van der Waals surface area contributed by atoms with E-state index in [0.29, 0.717) is 34.8 Å². The van der Waals surface area contributed by atoms with E-state index in [0.717, 1.165) is 18.8 Å². The van der Waals surface area contributed by atoms with E-state index >= 15 is 0 Å². The molecule has 2 aliphatic rings. The third-order valence-corrected chi connectivity index (χ3v) is 6.08. The topological polar surface area (TPSA) is 87.7 Å². The Morgan fingerprint density at radius 2 is 2.13 bits per heavy atom. The number of nitrogens with zero attached hydrogens (tertiary/aromatic N) is 6. The number of hydrogen-bond donors (Lipinski definition) is 0. The number of hydrogen-bond acceptors (Lipinski definition) is 7. The Morgan fingerprint density at radius 3 is 2.84 bits per heavy atom. The minimum atomic E-state index is -0.325. The standard InChI is InChI=1S/C22H21FN6O2/c1-13-16(7-4-8-25-13)22(30)29(24-2)12-19-26-21(27-31-19)20-17-10-28(11-18(17)20)15-6-3-5-14(23)9-15/h3-9,17-18,20H,2,10-12H2,1H3. The van der Waals surface area contributed by atoms with Crippen molar-refractivity contribution >= 4 is 18.3 Å². The molecule has 1 amide bonds. The Morgan fingerprint density at radius 1 is 1.32 bits per heavy atom. The van der Waals surface area contributed by atoms with Crippen LogP contribution in [0.2, 0.25) is 0 Å². The fourth-order valence-corrected chi connectivity index (χ4v) is 4.42. The highest BCUT2D eigenvalue weighted by Crippen LogP contribution is 2.57. The van der Waals surface area contributed by atoms with Gasteiger partial charge >= 0.3 is 0 Å². The molecule has 2 fully saturated rings. The number of aryl methyl sites for hydroxylation is 1. The first-order valence-corrected chi connectivity index (χ1v) is 10.1. The molecule has 31 heavy (non-hydrogen) atoms. The van der Waals surface area contributed by atoms with Crippen molar-refractivity contribution < 1.29 is 13.7 Å². The van der Waals surface area contributed by atoms with Gasteiger partial charge in [-0.05, 0) is 49.1 Å². The van der Waals surface area contributed by atoms with E-state index in [-0.39, 0.29) is 24.2 Å². The molecule has 9 heteroatoms. The number of pyridine rings is 1.